The number of hydrogen-bond acceptors (Lipinski definition) is 3. The van der Waals surface area contributed by atoms with E-state index >= 15 is 0 Å². The van der Waals surface area contributed by atoms with Crippen molar-refractivity contribution < 1.29 is 9.59 Å². The predicted molar refractivity (Wildman–Crippen MR) is 111 cm³/mol. The number of amides is 2. The number of carbonyl (C=O) groups is 2. The van der Waals surface area contributed by atoms with Crippen molar-refractivity contribution in [3.05, 3.63) is 70.8 Å². The number of hydrogen-bond donors (Lipinski definition) is 2. The summed E-state index contributed by atoms with van der Waals surface area (Å²) in [6.07, 6.45) is 1.35. The second-order valence-corrected chi connectivity index (χ2v) is 7.58. The molecule has 5 nitrogen and oxygen atoms in total. The second kappa shape index (κ2) is 9.02. The average molecular weight is 380 g/mol. The van der Waals surface area contributed by atoms with E-state index in [4.69, 9.17) is 0 Å². The SMILES string of the molecule is CCNC(=O)[C@@H]1C[C@H](NC(=O)c2ccccc2Cc2ccc(C)cc2)CN1C. The van der Waals surface area contributed by atoms with Gasteiger partial charge in [0.2, 0.25) is 5.91 Å². The fraction of sp³-hybridized carbons (Fsp3) is 0.391. The summed E-state index contributed by atoms with van der Waals surface area (Å²) >= 11 is 0. The summed E-state index contributed by atoms with van der Waals surface area (Å²) in [6, 6.07) is 15.9. The van der Waals surface area contributed by atoms with Crippen LogP contribution in [0.4, 0.5) is 0 Å². The number of carbonyl (C=O) groups excluding carboxylic acids is 2. The Kier molecular flexibility index (Phi) is 6.47. The highest BCUT2D eigenvalue weighted by Gasteiger charge is 2.35. The third-order valence-electron chi connectivity index (χ3n) is 5.31. The lowest BCUT2D eigenvalue weighted by molar-refractivity contribution is -0.124. The van der Waals surface area contributed by atoms with Gasteiger partial charge < -0.3 is 10.6 Å². The van der Waals surface area contributed by atoms with Crippen molar-refractivity contribution in [1.82, 2.24) is 15.5 Å². The zero-order valence-corrected chi connectivity index (χ0v) is 16.9. The monoisotopic (exact) mass is 379 g/mol. The predicted octanol–water partition coefficient (Wildman–Crippen LogP) is 2.52. The number of likely N-dealkylation sites (tertiary alicyclic amines) is 1. The van der Waals surface area contributed by atoms with Crippen molar-refractivity contribution in [2.24, 2.45) is 0 Å². The highest BCUT2D eigenvalue weighted by molar-refractivity contribution is 5.96. The summed E-state index contributed by atoms with van der Waals surface area (Å²) in [5.74, 6) is -0.0424. The molecule has 0 unspecified atom stereocenters. The van der Waals surface area contributed by atoms with Crippen LogP contribution in [0.5, 0.6) is 0 Å². The number of rotatable bonds is 6. The van der Waals surface area contributed by atoms with Crippen LogP contribution >= 0.6 is 0 Å². The molecule has 148 valence electrons. The average Bonchev–Trinajstić information content (AvgIpc) is 3.04. The highest BCUT2D eigenvalue weighted by atomic mass is 16.2. The van der Waals surface area contributed by atoms with E-state index in [-0.39, 0.29) is 23.9 Å². The van der Waals surface area contributed by atoms with Gasteiger partial charge in [0.15, 0.2) is 0 Å². The maximum atomic E-state index is 12.9. The van der Waals surface area contributed by atoms with E-state index in [0.717, 1.165) is 12.0 Å². The number of likely N-dealkylation sites (N-methyl/N-ethyl adjacent to an activating group) is 2. The van der Waals surface area contributed by atoms with E-state index in [9.17, 15) is 9.59 Å². The van der Waals surface area contributed by atoms with Crippen LogP contribution in [0.1, 0.15) is 40.4 Å². The Labute approximate surface area is 167 Å². The van der Waals surface area contributed by atoms with E-state index in [1.165, 1.54) is 11.1 Å². The topological polar surface area (TPSA) is 61.4 Å². The van der Waals surface area contributed by atoms with Crippen LogP contribution in [0.25, 0.3) is 0 Å². The molecule has 1 aliphatic heterocycles. The molecule has 28 heavy (non-hydrogen) atoms. The van der Waals surface area contributed by atoms with Gasteiger partial charge in [-0.25, -0.2) is 0 Å². The van der Waals surface area contributed by atoms with E-state index in [2.05, 4.69) is 41.8 Å². The van der Waals surface area contributed by atoms with Gasteiger partial charge in [0, 0.05) is 24.7 Å². The Balaban J connectivity index is 1.68. The highest BCUT2D eigenvalue weighted by Crippen LogP contribution is 2.19. The Bertz CT molecular complexity index is 832. The number of nitrogens with one attached hydrogen (secondary N) is 2. The molecule has 1 saturated heterocycles. The lowest BCUT2D eigenvalue weighted by Gasteiger charge is -2.17. The first kappa shape index (κ1) is 20.1. The molecular weight excluding hydrogens is 350 g/mol. The largest absolute Gasteiger partial charge is 0.355 e. The van der Waals surface area contributed by atoms with Gasteiger partial charge in [0.1, 0.15) is 0 Å². The van der Waals surface area contributed by atoms with Crippen LogP contribution in [-0.4, -0.2) is 48.9 Å². The molecule has 0 aliphatic carbocycles. The van der Waals surface area contributed by atoms with Crippen LogP contribution in [0.2, 0.25) is 0 Å². The molecule has 2 N–H and O–H groups in total. The smallest absolute Gasteiger partial charge is 0.251 e. The summed E-state index contributed by atoms with van der Waals surface area (Å²) in [5.41, 5.74) is 4.12. The number of aryl methyl sites for hydroxylation is 1. The molecule has 3 rings (SSSR count). The van der Waals surface area contributed by atoms with Gasteiger partial charge >= 0.3 is 0 Å². The number of nitrogens with zero attached hydrogens (tertiary/aromatic N) is 1. The first-order valence-electron chi connectivity index (χ1n) is 9.90. The molecule has 2 aromatic carbocycles. The maximum Gasteiger partial charge on any atom is 0.251 e. The van der Waals surface area contributed by atoms with Crippen LogP contribution < -0.4 is 10.6 Å². The molecule has 1 heterocycles. The van der Waals surface area contributed by atoms with Crippen LogP contribution in [0, 0.1) is 6.92 Å². The van der Waals surface area contributed by atoms with Gasteiger partial charge in [-0.1, -0.05) is 48.0 Å². The molecule has 0 bridgehead atoms. The van der Waals surface area contributed by atoms with E-state index in [1.54, 1.807) is 0 Å². The van der Waals surface area contributed by atoms with Crippen molar-refractivity contribution in [2.75, 3.05) is 20.1 Å². The minimum absolute atomic E-state index is 0.0292. The van der Waals surface area contributed by atoms with Gasteiger partial charge in [-0.15, -0.1) is 0 Å². The van der Waals surface area contributed by atoms with E-state index in [1.807, 2.05) is 43.1 Å². The Morgan fingerprint density at radius 3 is 2.54 bits per heavy atom. The standard InChI is InChI=1S/C23H29N3O2/c1-4-24-23(28)21-14-19(15-26(21)3)25-22(27)20-8-6-5-7-18(20)13-17-11-9-16(2)10-12-17/h5-12,19,21H,4,13-15H2,1-3H3,(H,24,28)(H,25,27)/t19-,21-/m0/s1. The molecule has 1 aliphatic rings. The molecular formula is C23H29N3O2. The lowest BCUT2D eigenvalue weighted by Crippen LogP contribution is -2.41. The van der Waals surface area contributed by atoms with Crippen molar-refractivity contribution in [1.29, 1.82) is 0 Å². The van der Waals surface area contributed by atoms with Gasteiger partial charge in [-0.05, 0) is 50.9 Å². The Hall–Kier alpha value is -2.66. The third kappa shape index (κ3) is 4.78. The summed E-state index contributed by atoms with van der Waals surface area (Å²) in [5, 5.41) is 6.00. The fourth-order valence-corrected chi connectivity index (χ4v) is 3.79. The van der Waals surface area contributed by atoms with Gasteiger partial charge in [-0.3, -0.25) is 14.5 Å². The minimum Gasteiger partial charge on any atom is -0.355 e. The van der Waals surface area contributed by atoms with E-state index in [0.29, 0.717) is 25.1 Å². The third-order valence-corrected chi connectivity index (χ3v) is 5.31. The molecule has 5 heteroatoms. The molecule has 1 fully saturated rings. The first-order valence-corrected chi connectivity index (χ1v) is 9.90. The van der Waals surface area contributed by atoms with Crippen LogP contribution in [0.3, 0.4) is 0 Å². The molecule has 0 radical (unpaired) electrons. The van der Waals surface area contributed by atoms with Gasteiger partial charge in [0.05, 0.1) is 6.04 Å². The Morgan fingerprint density at radius 2 is 1.82 bits per heavy atom. The quantitative estimate of drug-likeness (QED) is 0.811. The summed E-state index contributed by atoms with van der Waals surface area (Å²) in [4.78, 5) is 27.1. The molecule has 2 amide bonds. The summed E-state index contributed by atoms with van der Waals surface area (Å²) in [7, 11) is 1.93. The molecule has 2 atom stereocenters. The molecule has 0 aromatic heterocycles. The normalized spacial score (nSPS) is 19.4. The fourth-order valence-electron chi connectivity index (χ4n) is 3.79. The number of benzene rings is 2. The van der Waals surface area contributed by atoms with Crippen molar-refractivity contribution in [2.45, 2.75) is 38.8 Å². The zero-order chi connectivity index (χ0) is 20.1. The van der Waals surface area contributed by atoms with Crippen LogP contribution in [0.15, 0.2) is 48.5 Å². The molecule has 0 saturated carbocycles. The van der Waals surface area contributed by atoms with Gasteiger partial charge in [-0.2, -0.15) is 0 Å². The first-order chi connectivity index (χ1) is 13.5. The van der Waals surface area contributed by atoms with E-state index < -0.39 is 0 Å². The zero-order valence-electron chi connectivity index (χ0n) is 16.9. The summed E-state index contributed by atoms with van der Waals surface area (Å²) < 4.78 is 0. The van der Waals surface area contributed by atoms with Gasteiger partial charge in [0.25, 0.3) is 5.91 Å². The lowest BCUT2D eigenvalue weighted by atomic mass is 9.98. The van der Waals surface area contributed by atoms with Crippen molar-refractivity contribution in [3.8, 4) is 0 Å². The maximum absolute atomic E-state index is 12.9. The van der Waals surface area contributed by atoms with Crippen LogP contribution in [-0.2, 0) is 11.2 Å². The summed E-state index contributed by atoms with van der Waals surface area (Å²) in [6.45, 7) is 5.27. The minimum atomic E-state index is -0.187. The second-order valence-electron chi connectivity index (χ2n) is 7.58. The molecule has 2 aromatic rings. The molecule has 0 spiro atoms. The van der Waals surface area contributed by atoms with Crippen molar-refractivity contribution >= 4 is 11.8 Å². The van der Waals surface area contributed by atoms with Crippen molar-refractivity contribution in [3.63, 3.8) is 0 Å². The Morgan fingerprint density at radius 1 is 1.11 bits per heavy atom.